The lowest BCUT2D eigenvalue weighted by Gasteiger charge is -2.33. The molecule has 7 nitrogen and oxygen atoms in total. The Kier molecular flexibility index (Phi) is 6.18. The van der Waals surface area contributed by atoms with Crippen molar-refractivity contribution in [1.82, 2.24) is 10.3 Å². The van der Waals surface area contributed by atoms with Crippen LogP contribution in [0.1, 0.15) is 24.5 Å². The Morgan fingerprint density at radius 2 is 2.22 bits per heavy atom. The zero-order valence-electron chi connectivity index (χ0n) is 18.3. The fraction of sp³-hybridized carbons (Fsp3) is 0.240. The highest BCUT2D eigenvalue weighted by Crippen LogP contribution is 2.27. The van der Waals surface area contributed by atoms with Crippen molar-refractivity contribution in [3.05, 3.63) is 83.7 Å². The van der Waals surface area contributed by atoms with Crippen LogP contribution >= 0.6 is 0 Å². The first kappa shape index (κ1) is 21.5. The lowest BCUT2D eigenvalue weighted by Crippen LogP contribution is -2.48. The number of pyridine rings is 1. The predicted octanol–water partition coefficient (Wildman–Crippen LogP) is 3.59. The average Bonchev–Trinajstić information content (AvgIpc) is 2.81. The van der Waals surface area contributed by atoms with Gasteiger partial charge in [0.15, 0.2) is 0 Å². The Hall–Kier alpha value is -3.71. The van der Waals surface area contributed by atoms with E-state index in [0.717, 1.165) is 33.8 Å². The van der Waals surface area contributed by atoms with Crippen LogP contribution in [0.4, 0.5) is 11.4 Å². The molecule has 0 radical (unpaired) electrons. The monoisotopic (exact) mass is 428 g/mol. The van der Waals surface area contributed by atoms with Gasteiger partial charge in [0.25, 0.3) is 0 Å². The number of benzene rings is 1. The summed E-state index contributed by atoms with van der Waals surface area (Å²) in [6.07, 6.45) is 13.8. The Balaban J connectivity index is 1.46. The number of allylic oxidation sites excluding steroid dienone is 2. The van der Waals surface area contributed by atoms with E-state index < -0.39 is 5.79 Å². The predicted molar refractivity (Wildman–Crippen MR) is 130 cm³/mol. The quantitative estimate of drug-likeness (QED) is 0.563. The Labute approximate surface area is 188 Å². The van der Waals surface area contributed by atoms with Gasteiger partial charge in [0.1, 0.15) is 0 Å². The molecule has 2 heterocycles. The molecule has 1 aliphatic heterocycles. The molecule has 0 saturated carbocycles. The van der Waals surface area contributed by atoms with Crippen molar-refractivity contribution in [2.75, 3.05) is 17.2 Å². The van der Waals surface area contributed by atoms with E-state index in [1.165, 1.54) is 0 Å². The van der Waals surface area contributed by atoms with Crippen LogP contribution in [-0.4, -0.2) is 29.4 Å². The van der Waals surface area contributed by atoms with Crippen LogP contribution in [0, 0.1) is 12.8 Å². The SMILES string of the molecule is Cc1ccc(NC(=O)C2C=CC(CN)=CC2)cc1NC1(C)N=CC=C(c2cccnc2)N1. The third-order valence-corrected chi connectivity index (χ3v) is 5.56. The van der Waals surface area contributed by atoms with Crippen LogP contribution in [0.2, 0.25) is 0 Å². The molecule has 2 unspecified atom stereocenters. The fourth-order valence-corrected chi connectivity index (χ4v) is 3.69. The molecule has 0 fully saturated rings. The van der Waals surface area contributed by atoms with Gasteiger partial charge in [-0.1, -0.05) is 24.3 Å². The Bertz CT molecular complexity index is 1120. The number of carbonyl (C=O) groups is 1. The molecular formula is C25H28N6O. The lowest BCUT2D eigenvalue weighted by atomic mass is 9.96. The number of hydrogen-bond acceptors (Lipinski definition) is 6. The number of carbonyl (C=O) groups excluding carboxylic acids is 1. The first-order chi connectivity index (χ1) is 15.5. The average molecular weight is 429 g/mol. The summed E-state index contributed by atoms with van der Waals surface area (Å²) in [5.41, 5.74) is 11.3. The van der Waals surface area contributed by atoms with Crippen molar-refractivity contribution in [3.63, 3.8) is 0 Å². The second-order valence-electron chi connectivity index (χ2n) is 8.13. The number of nitrogens with one attached hydrogen (secondary N) is 3. The normalized spacial score (nSPS) is 21.9. The number of aryl methyl sites for hydroxylation is 1. The van der Waals surface area contributed by atoms with Crippen LogP contribution in [-0.2, 0) is 4.79 Å². The standard InChI is InChI=1S/C25H28N6O/c1-17-5-10-21(29-24(32)19-8-6-18(15-26)7-9-19)14-23(17)31-25(2)28-13-11-22(30-25)20-4-3-12-27-16-20/h3-8,10-14,16,19,30-31H,9,15,26H2,1-2H3,(H,29,32). The van der Waals surface area contributed by atoms with Crippen LogP contribution < -0.4 is 21.7 Å². The topological polar surface area (TPSA) is 104 Å². The van der Waals surface area contributed by atoms with Gasteiger partial charge < -0.3 is 21.7 Å². The first-order valence-corrected chi connectivity index (χ1v) is 10.7. The highest BCUT2D eigenvalue weighted by atomic mass is 16.1. The van der Waals surface area contributed by atoms with Gasteiger partial charge in [0.2, 0.25) is 11.7 Å². The molecule has 7 heteroatoms. The smallest absolute Gasteiger partial charge is 0.231 e. The van der Waals surface area contributed by atoms with Crippen LogP contribution in [0.15, 0.2) is 77.6 Å². The molecule has 1 aromatic heterocycles. The summed E-state index contributed by atoms with van der Waals surface area (Å²) in [5, 5.41) is 9.94. The largest absolute Gasteiger partial charge is 0.344 e. The first-order valence-electron chi connectivity index (χ1n) is 10.7. The summed E-state index contributed by atoms with van der Waals surface area (Å²) < 4.78 is 0. The molecule has 0 bridgehead atoms. The maximum absolute atomic E-state index is 12.7. The van der Waals surface area contributed by atoms with Crippen LogP contribution in [0.25, 0.3) is 5.70 Å². The minimum atomic E-state index is -0.747. The van der Waals surface area contributed by atoms with E-state index in [4.69, 9.17) is 5.73 Å². The molecule has 2 atom stereocenters. The Morgan fingerprint density at radius 1 is 1.34 bits per heavy atom. The van der Waals surface area contributed by atoms with Gasteiger partial charge in [-0.05, 0) is 61.7 Å². The number of amides is 1. The molecule has 1 amide bonds. The van der Waals surface area contributed by atoms with E-state index in [1.54, 1.807) is 12.4 Å². The van der Waals surface area contributed by atoms with E-state index in [1.807, 2.05) is 74.7 Å². The number of rotatable bonds is 6. The number of aliphatic imine (C=N–C) groups is 1. The third kappa shape index (κ3) is 4.95. The number of nitrogens with zero attached hydrogens (tertiary/aromatic N) is 2. The van der Waals surface area contributed by atoms with Crippen molar-refractivity contribution in [2.24, 2.45) is 16.6 Å². The van der Waals surface area contributed by atoms with E-state index in [-0.39, 0.29) is 11.8 Å². The van der Waals surface area contributed by atoms with Gasteiger partial charge in [-0.15, -0.1) is 0 Å². The van der Waals surface area contributed by atoms with Gasteiger partial charge in [-0.3, -0.25) is 9.78 Å². The second-order valence-corrected chi connectivity index (χ2v) is 8.13. The fourth-order valence-electron chi connectivity index (χ4n) is 3.69. The molecular weight excluding hydrogens is 400 g/mol. The van der Waals surface area contributed by atoms with Crippen molar-refractivity contribution in [3.8, 4) is 0 Å². The summed E-state index contributed by atoms with van der Waals surface area (Å²) >= 11 is 0. The summed E-state index contributed by atoms with van der Waals surface area (Å²) in [4.78, 5) is 21.5. The molecule has 2 aliphatic rings. The summed E-state index contributed by atoms with van der Waals surface area (Å²) in [7, 11) is 0. The van der Waals surface area contributed by atoms with Crippen molar-refractivity contribution < 1.29 is 4.79 Å². The van der Waals surface area contributed by atoms with Crippen molar-refractivity contribution in [2.45, 2.75) is 26.1 Å². The highest BCUT2D eigenvalue weighted by molar-refractivity contribution is 5.94. The van der Waals surface area contributed by atoms with Crippen molar-refractivity contribution in [1.29, 1.82) is 0 Å². The Morgan fingerprint density at radius 3 is 2.94 bits per heavy atom. The molecule has 0 saturated heterocycles. The van der Waals surface area contributed by atoms with E-state index in [0.29, 0.717) is 13.0 Å². The van der Waals surface area contributed by atoms with E-state index in [9.17, 15) is 4.79 Å². The van der Waals surface area contributed by atoms with E-state index in [2.05, 4.69) is 25.9 Å². The van der Waals surface area contributed by atoms with Crippen LogP contribution in [0.3, 0.4) is 0 Å². The zero-order valence-corrected chi connectivity index (χ0v) is 18.3. The molecule has 2 aromatic rings. The number of hydrogen-bond donors (Lipinski definition) is 4. The molecule has 0 spiro atoms. The molecule has 4 rings (SSSR count). The molecule has 1 aliphatic carbocycles. The minimum absolute atomic E-state index is 0.0369. The number of nitrogens with two attached hydrogens (primary N) is 1. The zero-order chi connectivity index (χ0) is 22.6. The van der Waals surface area contributed by atoms with Gasteiger partial charge >= 0.3 is 0 Å². The molecule has 164 valence electrons. The maximum atomic E-state index is 12.7. The van der Waals surface area contributed by atoms with Gasteiger partial charge in [-0.25, -0.2) is 4.99 Å². The van der Waals surface area contributed by atoms with Gasteiger partial charge in [-0.2, -0.15) is 0 Å². The third-order valence-electron chi connectivity index (χ3n) is 5.56. The number of aromatic nitrogens is 1. The summed E-state index contributed by atoms with van der Waals surface area (Å²) in [5.74, 6) is -0.981. The second kappa shape index (κ2) is 9.20. The van der Waals surface area contributed by atoms with E-state index >= 15 is 0 Å². The minimum Gasteiger partial charge on any atom is -0.344 e. The number of anilines is 2. The lowest BCUT2D eigenvalue weighted by molar-refractivity contribution is -0.118. The summed E-state index contributed by atoms with van der Waals surface area (Å²) in [6.45, 7) is 4.47. The maximum Gasteiger partial charge on any atom is 0.231 e. The summed E-state index contributed by atoms with van der Waals surface area (Å²) in [6, 6.07) is 9.73. The van der Waals surface area contributed by atoms with Crippen molar-refractivity contribution >= 4 is 29.2 Å². The van der Waals surface area contributed by atoms with Crippen LogP contribution in [0.5, 0.6) is 0 Å². The molecule has 1 aromatic carbocycles. The van der Waals surface area contributed by atoms with Gasteiger partial charge in [0.05, 0.1) is 5.92 Å². The highest BCUT2D eigenvalue weighted by Gasteiger charge is 2.26. The molecule has 32 heavy (non-hydrogen) atoms. The molecule has 5 N–H and O–H groups in total. The van der Waals surface area contributed by atoms with Gasteiger partial charge in [0, 0.05) is 47.8 Å².